The average molecular weight is 517 g/mol. The van der Waals surface area contributed by atoms with E-state index in [-0.39, 0.29) is 24.0 Å². The lowest BCUT2D eigenvalue weighted by molar-refractivity contribution is 0.312. The van der Waals surface area contributed by atoms with Crippen molar-refractivity contribution in [1.29, 1.82) is 0 Å². The number of anilines is 1. The fourth-order valence-corrected chi connectivity index (χ4v) is 3.48. The normalized spacial score (nSPS) is 16.5. The third-order valence-corrected chi connectivity index (χ3v) is 5.22. The largest absolute Gasteiger partial charge is 0.357 e. The van der Waals surface area contributed by atoms with Gasteiger partial charge in [-0.3, -0.25) is 0 Å². The molecule has 2 heterocycles. The number of hydrogen-bond donors (Lipinski definition) is 2. The molecule has 6 nitrogen and oxygen atoms in total. The maximum Gasteiger partial charge on any atom is 0.191 e. The van der Waals surface area contributed by atoms with E-state index in [0.717, 1.165) is 50.4 Å². The van der Waals surface area contributed by atoms with Crippen LogP contribution in [0, 0.1) is 5.92 Å². The summed E-state index contributed by atoms with van der Waals surface area (Å²) in [6.07, 6.45) is 5.59. The predicted octanol–water partition coefficient (Wildman–Crippen LogP) is 3.72. The highest BCUT2D eigenvalue weighted by Crippen LogP contribution is 2.19. The number of pyridine rings is 1. The first-order valence-electron chi connectivity index (χ1n) is 10.9. The number of aromatic nitrogens is 1. The zero-order chi connectivity index (χ0) is 20.4. The molecule has 0 aliphatic carbocycles. The maximum absolute atomic E-state index is 4.85. The lowest BCUT2D eigenvalue weighted by atomic mass is 10.0. The van der Waals surface area contributed by atoms with E-state index < -0.39 is 0 Å². The summed E-state index contributed by atoms with van der Waals surface area (Å²) in [7, 11) is 2.18. The first-order valence-corrected chi connectivity index (χ1v) is 10.9. The Bertz CT molecular complexity index is 599. The van der Waals surface area contributed by atoms with Crippen molar-refractivity contribution in [2.45, 2.75) is 59.5 Å². The number of rotatable bonds is 9. The molecular weight excluding hydrogens is 475 g/mol. The summed E-state index contributed by atoms with van der Waals surface area (Å²) >= 11 is 0. The molecule has 1 atom stereocenters. The maximum atomic E-state index is 4.85. The molecule has 1 aliphatic heterocycles. The molecule has 166 valence electrons. The van der Waals surface area contributed by atoms with Crippen LogP contribution in [0.5, 0.6) is 0 Å². The molecule has 7 heteroatoms. The Kier molecular flexibility index (Phi) is 12.5. The van der Waals surface area contributed by atoms with Gasteiger partial charge in [0.1, 0.15) is 5.82 Å². The Morgan fingerprint density at radius 3 is 2.55 bits per heavy atom. The van der Waals surface area contributed by atoms with Crippen molar-refractivity contribution in [1.82, 2.24) is 20.5 Å². The van der Waals surface area contributed by atoms with Gasteiger partial charge in [-0.2, -0.15) is 0 Å². The molecule has 1 aromatic heterocycles. The van der Waals surface area contributed by atoms with E-state index in [0.29, 0.717) is 12.6 Å². The highest BCUT2D eigenvalue weighted by molar-refractivity contribution is 14.0. The monoisotopic (exact) mass is 516 g/mol. The van der Waals surface area contributed by atoms with Crippen LogP contribution in [0.3, 0.4) is 0 Å². The molecule has 0 radical (unpaired) electrons. The molecular formula is C22H41IN6. The van der Waals surface area contributed by atoms with Gasteiger partial charge < -0.3 is 20.4 Å². The van der Waals surface area contributed by atoms with Gasteiger partial charge in [0.2, 0.25) is 0 Å². The molecule has 1 saturated heterocycles. The molecule has 0 amide bonds. The smallest absolute Gasteiger partial charge is 0.191 e. The van der Waals surface area contributed by atoms with Gasteiger partial charge >= 0.3 is 0 Å². The number of hydrogen-bond acceptors (Lipinski definition) is 4. The van der Waals surface area contributed by atoms with Gasteiger partial charge in [0, 0.05) is 50.5 Å². The van der Waals surface area contributed by atoms with Crippen LogP contribution in [0.1, 0.15) is 52.5 Å². The summed E-state index contributed by atoms with van der Waals surface area (Å²) in [5.74, 6) is 2.75. The van der Waals surface area contributed by atoms with Gasteiger partial charge in [-0.25, -0.2) is 9.98 Å². The highest BCUT2D eigenvalue weighted by Gasteiger charge is 2.18. The molecule has 2 N–H and O–H groups in total. The van der Waals surface area contributed by atoms with E-state index in [1.54, 1.807) is 0 Å². The Morgan fingerprint density at radius 2 is 1.90 bits per heavy atom. The van der Waals surface area contributed by atoms with Gasteiger partial charge in [0.25, 0.3) is 0 Å². The first-order chi connectivity index (χ1) is 13.5. The van der Waals surface area contributed by atoms with Crippen molar-refractivity contribution in [3.05, 3.63) is 23.9 Å². The summed E-state index contributed by atoms with van der Waals surface area (Å²) in [6, 6.07) is 4.58. The summed E-state index contributed by atoms with van der Waals surface area (Å²) in [5, 5.41) is 6.95. The second-order valence-corrected chi connectivity index (χ2v) is 8.34. The Hall–Kier alpha value is -1.09. The van der Waals surface area contributed by atoms with Crippen LogP contribution < -0.4 is 15.5 Å². The number of nitrogens with one attached hydrogen (secondary N) is 2. The van der Waals surface area contributed by atoms with Crippen molar-refractivity contribution in [3.63, 3.8) is 0 Å². The minimum absolute atomic E-state index is 0. The van der Waals surface area contributed by atoms with Gasteiger partial charge in [-0.1, -0.05) is 32.8 Å². The van der Waals surface area contributed by atoms with Crippen LogP contribution >= 0.6 is 24.0 Å². The number of halogens is 1. The fraction of sp³-hybridized carbons (Fsp3) is 0.727. The van der Waals surface area contributed by atoms with Gasteiger partial charge in [-0.05, 0) is 39.3 Å². The SMILES string of the molecule is CCNC(=NCc1cccnc1N1CCN(C)CC1)NC(C)CCCC(C)C.I. The first kappa shape index (κ1) is 25.9. The van der Waals surface area contributed by atoms with Gasteiger partial charge in [0.15, 0.2) is 5.96 Å². The van der Waals surface area contributed by atoms with E-state index in [4.69, 9.17) is 4.99 Å². The van der Waals surface area contributed by atoms with Crippen molar-refractivity contribution in [3.8, 4) is 0 Å². The molecule has 0 aromatic carbocycles. The lowest BCUT2D eigenvalue weighted by Gasteiger charge is -2.34. The molecule has 0 saturated carbocycles. The van der Waals surface area contributed by atoms with E-state index in [1.165, 1.54) is 24.8 Å². The molecule has 29 heavy (non-hydrogen) atoms. The Labute approximate surface area is 195 Å². The van der Waals surface area contributed by atoms with E-state index in [2.05, 4.69) is 66.2 Å². The number of nitrogens with zero attached hydrogens (tertiary/aromatic N) is 4. The Balaban J connectivity index is 0.00000420. The van der Waals surface area contributed by atoms with Crippen LogP contribution in [0.2, 0.25) is 0 Å². The topological polar surface area (TPSA) is 55.8 Å². The van der Waals surface area contributed by atoms with Crippen LogP contribution in [0.15, 0.2) is 23.3 Å². The Morgan fingerprint density at radius 1 is 1.17 bits per heavy atom. The molecule has 0 spiro atoms. The standard InChI is InChI=1S/C22H40N6.HI/c1-6-23-22(26-19(4)10-7-9-18(2)3)25-17-20-11-8-12-24-21(20)28-15-13-27(5)14-16-28;/h8,11-12,18-19H,6-7,9-10,13-17H2,1-5H3,(H2,23,25,26);1H. The molecule has 1 unspecified atom stereocenters. The highest BCUT2D eigenvalue weighted by atomic mass is 127. The van der Waals surface area contributed by atoms with Crippen molar-refractivity contribution >= 4 is 35.8 Å². The summed E-state index contributed by atoms with van der Waals surface area (Å²) < 4.78 is 0. The summed E-state index contributed by atoms with van der Waals surface area (Å²) in [6.45, 7) is 14.6. The minimum atomic E-state index is 0. The lowest BCUT2D eigenvalue weighted by Crippen LogP contribution is -2.45. The second kappa shape index (κ2) is 14.0. The minimum Gasteiger partial charge on any atom is -0.357 e. The molecule has 1 aromatic rings. The number of guanidine groups is 1. The molecule has 1 aliphatic rings. The number of likely N-dealkylation sites (N-methyl/N-ethyl adjacent to an activating group) is 1. The molecule has 0 bridgehead atoms. The molecule has 1 fully saturated rings. The van der Waals surface area contributed by atoms with Crippen LogP contribution in [-0.4, -0.2) is 61.7 Å². The van der Waals surface area contributed by atoms with Crippen molar-refractivity contribution in [2.75, 3.05) is 44.7 Å². The van der Waals surface area contributed by atoms with Gasteiger partial charge in [0.05, 0.1) is 6.54 Å². The van der Waals surface area contributed by atoms with Crippen molar-refractivity contribution < 1.29 is 0 Å². The zero-order valence-corrected chi connectivity index (χ0v) is 21.3. The van der Waals surface area contributed by atoms with E-state index >= 15 is 0 Å². The van der Waals surface area contributed by atoms with Crippen molar-refractivity contribution in [2.24, 2.45) is 10.9 Å². The average Bonchev–Trinajstić information content (AvgIpc) is 2.67. The fourth-order valence-electron chi connectivity index (χ4n) is 3.48. The third kappa shape index (κ3) is 9.51. The zero-order valence-electron chi connectivity index (χ0n) is 18.9. The third-order valence-electron chi connectivity index (χ3n) is 5.22. The van der Waals surface area contributed by atoms with Crippen LogP contribution in [0.4, 0.5) is 5.82 Å². The quantitative estimate of drug-likeness (QED) is 0.298. The number of aliphatic imine (C=N–C) groups is 1. The van der Waals surface area contributed by atoms with Crippen LogP contribution in [-0.2, 0) is 6.54 Å². The van der Waals surface area contributed by atoms with Gasteiger partial charge in [-0.15, -0.1) is 24.0 Å². The van der Waals surface area contributed by atoms with E-state index in [1.807, 2.05) is 12.3 Å². The number of piperazine rings is 1. The summed E-state index contributed by atoms with van der Waals surface area (Å²) in [5.41, 5.74) is 1.19. The second-order valence-electron chi connectivity index (χ2n) is 8.34. The summed E-state index contributed by atoms with van der Waals surface area (Å²) in [4.78, 5) is 14.3. The molecule has 2 rings (SSSR count). The van der Waals surface area contributed by atoms with E-state index in [9.17, 15) is 0 Å². The van der Waals surface area contributed by atoms with Crippen LogP contribution in [0.25, 0.3) is 0 Å². The predicted molar refractivity (Wildman–Crippen MR) is 135 cm³/mol.